The lowest BCUT2D eigenvalue weighted by Gasteiger charge is -2.18. The molecule has 0 saturated carbocycles. The predicted octanol–water partition coefficient (Wildman–Crippen LogP) is 4.43. The number of para-hydroxylation sites is 1. The fourth-order valence-electron chi connectivity index (χ4n) is 3.83. The summed E-state index contributed by atoms with van der Waals surface area (Å²) in [5, 5.41) is 4.19. The molecule has 0 aliphatic carbocycles. The van der Waals surface area contributed by atoms with Gasteiger partial charge in [-0.1, -0.05) is 25.1 Å². The monoisotopic (exact) mass is 347 g/mol. The van der Waals surface area contributed by atoms with Gasteiger partial charge in [0.1, 0.15) is 6.54 Å². The number of aryl methyl sites for hydroxylation is 1. The van der Waals surface area contributed by atoms with Crippen LogP contribution in [0.1, 0.15) is 19.0 Å². The number of rotatable bonds is 4. The Bertz CT molecular complexity index is 926. The van der Waals surface area contributed by atoms with Crippen LogP contribution in [0.15, 0.2) is 54.6 Å². The van der Waals surface area contributed by atoms with Crippen LogP contribution in [0.5, 0.6) is 0 Å². The van der Waals surface area contributed by atoms with Crippen molar-refractivity contribution in [2.24, 2.45) is 5.92 Å². The summed E-state index contributed by atoms with van der Waals surface area (Å²) in [5.41, 5.74) is 4.28. The van der Waals surface area contributed by atoms with E-state index >= 15 is 0 Å². The van der Waals surface area contributed by atoms with Gasteiger partial charge >= 0.3 is 0 Å². The second-order valence-corrected chi connectivity index (χ2v) is 7.37. The summed E-state index contributed by atoms with van der Waals surface area (Å²) < 4.78 is 2.06. The summed E-state index contributed by atoms with van der Waals surface area (Å²) in [6.07, 6.45) is 1.25. The van der Waals surface area contributed by atoms with E-state index in [1.807, 2.05) is 31.2 Å². The Morgan fingerprint density at radius 2 is 1.92 bits per heavy atom. The number of aromatic nitrogens is 1. The van der Waals surface area contributed by atoms with Gasteiger partial charge in [-0.05, 0) is 61.0 Å². The molecular weight excluding hydrogens is 322 g/mol. The third-order valence-corrected chi connectivity index (χ3v) is 5.26. The number of nitrogens with one attached hydrogen (secondary N) is 1. The first-order valence-corrected chi connectivity index (χ1v) is 9.30. The fourth-order valence-corrected chi connectivity index (χ4v) is 3.83. The van der Waals surface area contributed by atoms with Gasteiger partial charge in [-0.2, -0.15) is 0 Å². The number of hydrogen-bond acceptors (Lipinski definition) is 2. The number of carbonyl (C=O) groups excluding carboxylic acids is 1. The number of benzene rings is 2. The second-order valence-electron chi connectivity index (χ2n) is 7.37. The Morgan fingerprint density at radius 3 is 2.65 bits per heavy atom. The normalized spacial score (nSPS) is 17.0. The van der Waals surface area contributed by atoms with Gasteiger partial charge in [0.2, 0.25) is 5.91 Å². The van der Waals surface area contributed by atoms with Gasteiger partial charge in [0.25, 0.3) is 0 Å². The molecule has 1 aliphatic heterocycles. The summed E-state index contributed by atoms with van der Waals surface area (Å²) in [4.78, 5) is 14.9. The van der Waals surface area contributed by atoms with Crippen molar-refractivity contribution < 1.29 is 4.79 Å². The highest BCUT2D eigenvalue weighted by Crippen LogP contribution is 2.25. The largest absolute Gasteiger partial charge is 0.371 e. The molecule has 4 rings (SSSR count). The minimum atomic E-state index is -0.00278. The van der Waals surface area contributed by atoms with Crippen LogP contribution in [0.25, 0.3) is 10.9 Å². The minimum Gasteiger partial charge on any atom is -0.371 e. The van der Waals surface area contributed by atoms with E-state index in [0.717, 1.165) is 35.9 Å². The van der Waals surface area contributed by atoms with E-state index in [-0.39, 0.29) is 5.91 Å². The van der Waals surface area contributed by atoms with Crippen LogP contribution in [0.2, 0.25) is 0 Å². The number of carbonyl (C=O) groups is 1. The molecule has 1 fully saturated rings. The van der Waals surface area contributed by atoms with Crippen molar-refractivity contribution in [3.8, 4) is 0 Å². The van der Waals surface area contributed by atoms with Crippen molar-refractivity contribution in [1.82, 2.24) is 4.57 Å². The molecule has 0 radical (unpaired) electrons. The summed E-state index contributed by atoms with van der Waals surface area (Å²) in [5.74, 6) is 0.756. The van der Waals surface area contributed by atoms with Crippen LogP contribution in [0.3, 0.4) is 0 Å². The first-order chi connectivity index (χ1) is 12.6. The molecule has 26 heavy (non-hydrogen) atoms. The third-order valence-electron chi connectivity index (χ3n) is 5.26. The van der Waals surface area contributed by atoms with E-state index in [1.165, 1.54) is 17.5 Å². The lowest BCUT2D eigenvalue weighted by atomic mass is 10.2. The SMILES string of the molecule is Cc1cc2ccccc2n1CC(=O)Nc1ccc(N2CCC(C)C2)cc1. The highest BCUT2D eigenvalue weighted by Gasteiger charge is 2.18. The van der Waals surface area contributed by atoms with Gasteiger partial charge in [-0.25, -0.2) is 0 Å². The Morgan fingerprint density at radius 1 is 1.15 bits per heavy atom. The number of anilines is 2. The van der Waals surface area contributed by atoms with Crippen LogP contribution in [-0.4, -0.2) is 23.6 Å². The molecule has 1 aliphatic rings. The van der Waals surface area contributed by atoms with Crippen LogP contribution in [0.4, 0.5) is 11.4 Å². The molecule has 3 aromatic rings. The van der Waals surface area contributed by atoms with Crippen LogP contribution >= 0.6 is 0 Å². The third kappa shape index (κ3) is 3.32. The predicted molar refractivity (Wildman–Crippen MR) is 108 cm³/mol. The number of fused-ring (bicyclic) bond motifs is 1. The van der Waals surface area contributed by atoms with Crippen molar-refractivity contribution in [2.45, 2.75) is 26.8 Å². The van der Waals surface area contributed by atoms with Gasteiger partial charge < -0.3 is 14.8 Å². The lowest BCUT2D eigenvalue weighted by molar-refractivity contribution is -0.116. The summed E-state index contributed by atoms with van der Waals surface area (Å²) in [6.45, 7) is 6.89. The maximum Gasteiger partial charge on any atom is 0.244 e. The molecule has 2 aromatic carbocycles. The molecule has 1 aromatic heterocycles. The van der Waals surface area contributed by atoms with E-state index in [2.05, 4.69) is 52.0 Å². The highest BCUT2D eigenvalue weighted by atomic mass is 16.1. The standard InChI is InChI=1S/C22H25N3O/c1-16-11-12-24(14-16)20-9-7-19(8-10-20)23-22(26)15-25-17(2)13-18-5-3-4-6-21(18)25/h3-10,13,16H,11-12,14-15H2,1-2H3,(H,23,26). The van der Waals surface area contributed by atoms with Crippen molar-refractivity contribution in [1.29, 1.82) is 0 Å². The molecular formula is C22H25N3O. The molecule has 1 unspecified atom stereocenters. The maximum atomic E-state index is 12.5. The quantitative estimate of drug-likeness (QED) is 0.758. The van der Waals surface area contributed by atoms with Gasteiger partial charge in [0.05, 0.1) is 0 Å². The van der Waals surface area contributed by atoms with E-state index < -0.39 is 0 Å². The summed E-state index contributed by atoms with van der Waals surface area (Å²) in [6, 6.07) is 18.5. The maximum absolute atomic E-state index is 12.5. The molecule has 4 nitrogen and oxygen atoms in total. The lowest BCUT2D eigenvalue weighted by Crippen LogP contribution is -2.20. The first-order valence-electron chi connectivity index (χ1n) is 9.30. The molecule has 134 valence electrons. The van der Waals surface area contributed by atoms with Crippen LogP contribution in [-0.2, 0) is 11.3 Å². The van der Waals surface area contributed by atoms with Gasteiger partial charge in [0.15, 0.2) is 0 Å². The molecule has 1 N–H and O–H groups in total. The molecule has 4 heteroatoms. The van der Waals surface area contributed by atoms with Crippen molar-refractivity contribution in [2.75, 3.05) is 23.3 Å². The van der Waals surface area contributed by atoms with Crippen molar-refractivity contribution in [3.05, 3.63) is 60.3 Å². The van der Waals surface area contributed by atoms with E-state index in [9.17, 15) is 4.79 Å². The smallest absolute Gasteiger partial charge is 0.244 e. The summed E-state index contributed by atoms with van der Waals surface area (Å²) >= 11 is 0. The zero-order valence-electron chi connectivity index (χ0n) is 15.4. The zero-order valence-corrected chi connectivity index (χ0v) is 15.4. The van der Waals surface area contributed by atoms with E-state index in [0.29, 0.717) is 6.54 Å². The van der Waals surface area contributed by atoms with E-state index in [4.69, 9.17) is 0 Å². The fraction of sp³-hybridized carbons (Fsp3) is 0.318. The molecule has 1 saturated heterocycles. The average molecular weight is 347 g/mol. The van der Waals surface area contributed by atoms with Crippen LogP contribution < -0.4 is 10.2 Å². The molecule has 0 spiro atoms. The molecule has 1 amide bonds. The first kappa shape index (κ1) is 16.7. The van der Waals surface area contributed by atoms with Crippen molar-refractivity contribution >= 4 is 28.2 Å². The highest BCUT2D eigenvalue weighted by molar-refractivity contribution is 5.92. The number of nitrogens with zero attached hydrogens (tertiary/aromatic N) is 2. The Balaban J connectivity index is 1.44. The molecule has 0 bridgehead atoms. The minimum absolute atomic E-state index is 0.00278. The zero-order chi connectivity index (χ0) is 18.1. The Kier molecular flexibility index (Phi) is 4.41. The topological polar surface area (TPSA) is 37.3 Å². The molecule has 2 heterocycles. The number of amides is 1. The summed E-state index contributed by atoms with van der Waals surface area (Å²) in [7, 11) is 0. The van der Waals surface area contributed by atoms with E-state index in [1.54, 1.807) is 0 Å². The second kappa shape index (κ2) is 6.87. The van der Waals surface area contributed by atoms with Gasteiger partial charge in [0, 0.05) is 35.7 Å². The Labute approximate surface area is 154 Å². The van der Waals surface area contributed by atoms with Crippen molar-refractivity contribution in [3.63, 3.8) is 0 Å². The molecule has 1 atom stereocenters. The van der Waals surface area contributed by atoms with Crippen LogP contribution in [0, 0.1) is 12.8 Å². The van der Waals surface area contributed by atoms with Gasteiger partial charge in [-0.15, -0.1) is 0 Å². The average Bonchev–Trinajstić information content (AvgIpc) is 3.19. The van der Waals surface area contributed by atoms with Gasteiger partial charge in [-0.3, -0.25) is 4.79 Å². The number of hydrogen-bond donors (Lipinski definition) is 1. The Hall–Kier alpha value is -2.75.